The highest BCUT2D eigenvalue weighted by molar-refractivity contribution is 5.99. The molecule has 1 aliphatic rings. The van der Waals surface area contributed by atoms with Gasteiger partial charge in [0.25, 0.3) is 5.91 Å². The largest absolute Gasteiger partial charge is 0.496 e. The van der Waals surface area contributed by atoms with Crippen molar-refractivity contribution in [1.82, 2.24) is 5.32 Å². The molecule has 1 N–H and O–H groups in total. The highest BCUT2D eigenvalue weighted by atomic mass is 16.5. The molecule has 18 heavy (non-hydrogen) atoms. The second-order valence-electron chi connectivity index (χ2n) is 4.66. The van der Waals surface area contributed by atoms with Crippen molar-refractivity contribution in [2.24, 2.45) is 5.92 Å². The molecule has 1 heterocycles. The number of hydrogen-bond acceptors (Lipinski definition) is 3. The first-order valence-electron chi connectivity index (χ1n) is 6.11. The number of amides is 1. The van der Waals surface area contributed by atoms with Gasteiger partial charge in [-0.3, -0.25) is 4.79 Å². The lowest BCUT2D eigenvalue weighted by molar-refractivity contribution is 0.0951. The van der Waals surface area contributed by atoms with Crippen molar-refractivity contribution in [3.05, 3.63) is 30.0 Å². The van der Waals surface area contributed by atoms with Crippen molar-refractivity contribution in [3.8, 4) is 5.75 Å². The van der Waals surface area contributed by atoms with Crippen molar-refractivity contribution in [1.29, 1.82) is 0 Å². The maximum atomic E-state index is 12.0. The zero-order chi connectivity index (χ0) is 12.5. The van der Waals surface area contributed by atoms with E-state index in [1.54, 1.807) is 25.5 Å². The van der Waals surface area contributed by atoms with Crippen molar-refractivity contribution >= 4 is 16.9 Å². The van der Waals surface area contributed by atoms with Gasteiger partial charge in [-0.25, -0.2) is 0 Å². The highest BCUT2D eigenvalue weighted by Crippen LogP contribution is 2.29. The van der Waals surface area contributed by atoms with Crippen molar-refractivity contribution < 1.29 is 13.9 Å². The third kappa shape index (κ3) is 2.06. The van der Waals surface area contributed by atoms with E-state index >= 15 is 0 Å². The Morgan fingerprint density at radius 1 is 1.50 bits per heavy atom. The van der Waals surface area contributed by atoms with Crippen LogP contribution in [0.15, 0.2) is 28.9 Å². The van der Waals surface area contributed by atoms with Crippen LogP contribution in [0, 0.1) is 5.92 Å². The fraction of sp³-hybridized carbons (Fsp3) is 0.357. The number of ether oxygens (including phenoxy) is 1. The van der Waals surface area contributed by atoms with Crippen LogP contribution in [0.4, 0.5) is 0 Å². The second kappa shape index (κ2) is 4.37. The molecule has 0 bridgehead atoms. The average molecular weight is 245 g/mol. The van der Waals surface area contributed by atoms with Gasteiger partial charge in [-0.15, -0.1) is 0 Å². The van der Waals surface area contributed by atoms with Gasteiger partial charge in [0.2, 0.25) is 0 Å². The quantitative estimate of drug-likeness (QED) is 0.900. The molecule has 94 valence electrons. The number of carbonyl (C=O) groups is 1. The fourth-order valence-electron chi connectivity index (χ4n) is 2.00. The molecule has 2 aromatic rings. The van der Waals surface area contributed by atoms with Gasteiger partial charge in [0.15, 0.2) is 0 Å². The normalized spacial score (nSPS) is 14.7. The molecule has 1 fully saturated rings. The lowest BCUT2D eigenvalue weighted by Gasteiger charge is -2.07. The number of furan rings is 1. The number of carbonyl (C=O) groups excluding carboxylic acids is 1. The maximum absolute atomic E-state index is 12.0. The smallest absolute Gasteiger partial charge is 0.251 e. The number of rotatable bonds is 4. The summed E-state index contributed by atoms with van der Waals surface area (Å²) in [5.41, 5.74) is 1.25. The summed E-state index contributed by atoms with van der Waals surface area (Å²) in [6.07, 6.45) is 4.04. The van der Waals surface area contributed by atoms with E-state index < -0.39 is 0 Å². The standard InChI is InChI=1S/C14H15NO3/c1-17-12-6-10(7-13-11(12)4-5-18-13)14(16)15-8-9-2-3-9/h4-7,9H,2-3,8H2,1H3,(H,15,16). The van der Waals surface area contributed by atoms with Crippen LogP contribution in [-0.2, 0) is 0 Å². The van der Waals surface area contributed by atoms with Crippen molar-refractivity contribution in [2.45, 2.75) is 12.8 Å². The molecule has 1 saturated carbocycles. The Bertz CT molecular complexity index is 584. The molecule has 0 spiro atoms. The molecule has 0 aliphatic heterocycles. The molecule has 0 unspecified atom stereocenters. The lowest BCUT2D eigenvalue weighted by atomic mass is 10.1. The Kier molecular flexibility index (Phi) is 2.70. The van der Waals surface area contributed by atoms with E-state index in [1.165, 1.54) is 12.8 Å². The molecule has 0 radical (unpaired) electrons. The van der Waals surface area contributed by atoms with Gasteiger partial charge in [0.05, 0.1) is 18.8 Å². The summed E-state index contributed by atoms with van der Waals surface area (Å²) in [6, 6.07) is 5.33. The first-order valence-corrected chi connectivity index (χ1v) is 6.11. The van der Waals surface area contributed by atoms with Crippen LogP contribution in [0.1, 0.15) is 23.2 Å². The van der Waals surface area contributed by atoms with Crippen LogP contribution >= 0.6 is 0 Å². The maximum Gasteiger partial charge on any atom is 0.251 e. The van der Waals surface area contributed by atoms with E-state index in [2.05, 4.69) is 5.32 Å². The Labute approximate surface area is 105 Å². The van der Waals surface area contributed by atoms with Gasteiger partial charge in [0, 0.05) is 12.1 Å². The van der Waals surface area contributed by atoms with Gasteiger partial charge < -0.3 is 14.5 Å². The van der Waals surface area contributed by atoms with Crippen molar-refractivity contribution in [2.75, 3.05) is 13.7 Å². The van der Waals surface area contributed by atoms with E-state index in [1.807, 2.05) is 6.07 Å². The number of fused-ring (bicyclic) bond motifs is 1. The summed E-state index contributed by atoms with van der Waals surface area (Å²) in [5.74, 6) is 1.26. The molecular formula is C14H15NO3. The van der Waals surface area contributed by atoms with E-state index in [-0.39, 0.29) is 5.91 Å². The summed E-state index contributed by atoms with van der Waals surface area (Å²) in [6.45, 7) is 0.761. The van der Waals surface area contributed by atoms with E-state index in [4.69, 9.17) is 9.15 Å². The zero-order valence-corrected chi connectivity index (χ0v) is 10.2. The van der Waals surface area contributed by atoms with Crippen LogP contribution in [0.2, 0.25) is 0 Å². The lowest BCUT2D eigenvalue weighted by Crippen LogP contribution is -2.25. The van der Waals surface area contributed by atoms with Gasteiger partial charge in [0.1, 0.15) is 11.3 Å². The molecular weight excluding hydrogens is 230 g/mol. The van der Waals surface area contributed by atoms with E-state index in [9.17, 15) is 4.79 Å². The van der Waals surface area contributed by atoms with Crippen molar-refractivity contribution in [3.63, 3.8) is 0 Å². The molecule has 1 aliphatic carbocycles. The molecule has 4 nitrogen and oxygen atoms in total. The zero-order valence-electron chi connectivity index (χ0n) is 10.2. The number of hydrogen-bond donors (Lipinski definition) is 1. The SMILES string of the molecule is COc1cc(C(=O)NCC2CC2)cc2occc12. The summed E-state index contributed by atoms with van der Waals surface area (Å²) >= 11 is 0. The molecule has 1 amide bonds. The van der Waals surface area contributed by atoms with Crippen LogP contribution in [-0.4, -0.2) is 19.6 Å². The van der Waals surface area contributed by atoms with Crippen LogP contribution in [0.5, 0.6) is 5.75 Å². The molecule has 4 heteroatoms. The predicted molar refractivity (Wildman–Crippen MR) is 67.8 cm³/mol. The van der Waals surface area contributed by atoms with Gasteiger partial charge in [-0.1, -0.05) is 0 Å². The Balaban J connectivity index is 1.87. The molecule has 0 saturated heterocycles. The number of benzene rings is 1. The molecule has 0 atom stereocenters. The monoisotopic (exact) mass is 245 g/mol. The van der Waals surface area contributed by atoms with Gasteiger partial charge in [-0.2, -0.15) is 0 Å². The summed E-state index contributed by atoms with van der Waals surface area (Å²) in [7, 11) is 1.59. The minimum Gasteiger partial charge on any atom is -0.496 e. The van der Waals surface area contributed by atoms with E-state index in [0.29, 0.717) is 22.8 Å². The van der Waals surface area contributed by atoms with Crippen LogP contribution < -0.4 is 10.1 Å². The summed E-state index contributed by atoms with van der Waals surface area (Å²) in [5, 5.41) is 3.82. The minimum atomic E-state index is -0.0708. The molecule has 1 aromatic heterocycles. The summed E-state index contributed by atoms with van der Waals surface area (Å²) in [4.78, 5) is 12.0. The molecule has 3 rings (SSSR count). The summed E-state index contributed by atoms with van der Waals surface area (Å²) < 4.78 is 10.6. The fourth-order valence-corrected chi connectivity index (χ4v) is 2.00. The van der Waals surface area contributed by atoms with Gasteiger partial charge in [-0.05, 0) is 37.0 Å². The van der Waals surface area contributed by atoms with Gasteiger partial charge >= 0.3 is 0 Å². The third-order valence-corrected chi connectivity index (χ3v) is 3.26. The number of methoxy groups -OCH3 is 1. The topological polar surface area (TPSA) is 51.5 Å². The highest BCUT2D eigenvalue weighted by Gasteiger charge is 2.22. The first-order chi connectivity index (χ1) is 8.78. The third-order valence-electron chi connectivity index (χ3n) is 3.26. The van der Waals surface area contributed by atoms with Crippen LogP contribution in [0.3, 0.4) is 0 Å². The number of nitrogens with one attached hydrogen (secondary N) is 1. The molecule has 1 aromatic carbocycles. The Morgan fingerprint density at radius 2 is 2.33 bits per heavy atom. The first kappa shape index (κ1) is 11.1. The second-order valence-corrected chi connectivity index (χ2v) is 4.66. The minimum absolute atomic E-state index is 0.0708. The predicted octanol–water partition coefficient (Wildman–Crippen LogP) is 2.58. The Morgan fingerprint density at radius 3 is 3.06 bits per heavy atom. The Hall–Kier alpha value is -1.97. The van der Waals surface area contributed by atoms with E-state index in [0.717, 1.165) is 11.9 Å². The average Bonchev–Trinajstić information content (AvgIpc) is 3.10. The van der Waals surface area contributed by atoms with Crippen LogP contribution in [0.25, 0.3) is 11.0 Å².